The van der Waals surface area contributed by atoms with E-state index < -0.39 is 0 Å². The molecule has 0 N–H and O–H groups in total. The molecule has 1 amide bonds. The number of thioether (sulfide) groups is 1. The molecule has 30 heavy (non-hydrogen) atoms. The van der Waals surface area contributed by atoms with Crippen LogP contribution in [0.4, 0.5) is 0 Å². The van der Waals surface area contributed by atoms with Crippen molar-refractivity contribution in [2.45, 2.75) is 29.9 Å². The number of hydrogen-bond donors (Lipinski definition) is 0. The third kappa shape index (κ3) is 4.84. The summed E-state index contributed by atoms with van der Waals surface area (Å²) in [5.41, 5.74) is 2.90. The summed E-state index contributed by atoms with van der Waals surface area (Å²) in [5, 5.41) is 0. The number of nitrogens with zero attached hydrogens (tertiary/aromatic N) is 2. The zero-order chi connectivity index (χ0) is 20.9. The molecule has 1 fully saturated rings. The van der Waals surface area contributed by atoms with Gasteiger partial charge in [0.25, 0.3) is 5.91 Å². The molecule has 0 saturated carbocycles. The van der Waals surface area contributed by atoms with Crippen LogP contribution in [0.2, 0.25) is 0 Å². The Morgan fingerprint density at radius 1 is 1.13 bits per heavy atom. The predicted molar refractivity (Wildman–Crippen MR) is 121 cm³/mol. The Bertz CT molecular complexity index is 991. The van der Waals surface area contributed by atoms with Gasteiger partial charge in [-0.3, -0.25) is 9.59 Å². The highest BCUT2D eigenvalue weighted by atomic mass is 32.2. The number of benzene rings is 2. The summed E-state index contributed by atoms with van der Waals surface area (Å²) in [6, 6.07) is 16.0. The lowest BCUT2D eigenvalue weighted by Crippen LogP contribution is -2.40. The zero-order valence-corrected chi connectivity index (χ0v) is 18.5. The lowest BCUT2D eigenvalue weighted by Gasteiger charge is -2.31. The SMILES string of the molecule is CCOC(=O)C1CCN(C(=O)c2ccc(CSc3nc4ccccc4s3)cc2)CC1. The normalized spacial score (nSPS) is 14.8. The van der Waals surface area contributed by atoms with E-state index in [1.54, 1.807) is 23.1 Å². The van der Waals surface area contributed by atoms with Crippen LogP contribution >= 0.6 is 23.1 Å². The summed E-state index contributed by atoms with van der Waals surface area (Å²) in [4.78, 5) is 31.1. The molecule has 7 heteroatoms. The minimum absolute atomic E-state index is 0.0303. The highest BCUT2D eigenvalue weighted by molar-refractivity contribution is 8.00. The van der Waals surface area contributed by atoms with Gasteiger partial charge in [0.15, 0.2) is 4.34 Å². The van der Waals surface area contributed by atoms with Gasteiger partial charge >= 0.3 is 5.97 Å². The molecule has 0 bridgehead atoms. The number of piperidine rings is 1. The predicted octanol–water partition coefficient (Wildman–Crippen LogP) is 5.00. The van der Waals surface area contributed by atoms with Crippen LogP contribution in [0.3, 0.4) is 0 Å². The quantitative estimate of drug-likeness (QED) is 0.399. The lowest BCUT2D eigenvalue weighted by atomic mass is 9.96. The van der Waals surface area contributed by atoms with Gasteiger partial charge in [-0.05, 0) is 49.6 Å². The zero-order valence-electron chi connectivity index (χ0n) is 16.9. The Morgan fingerprint density at radius 3 is 2.57 bits per heavy atom. The molecule has 0 aliphatic carbocycles. The first-order valence-corrected chi connectivity index (χ1v) is 12.0. The maximum absolute atomic E-state index is 12.8. The van der Waals surface area contributed by atoms with E-state index in [2.05, 4.69) is 11.1 Å². The summed E-state index contributed by atoms with van der Waals surface area (Å²) >= 11 is 3.42. The van der Waals surface area contributed by atoms with Gasteiger partial charge in [0.1, 0.15) is 0 Å². The molecule has 0 spiro atoms. The molecule has 3 aromatic rings. The highest BCUT2D eigenvalue weighted by Crippen LogP contribution is 2.31. The van der Waals surface area contributed by atoms with Crippen LogP contribution in [0.5, 0.6) is 0 Å². The molecule has 5 nitrogen and oxygen atoms in total. The number of thiazole rings is 1. The molecule has 0 unspecified atom stereocenters. The van der Waals surface area contributed by atoms with E-state index in [4.69, 9.17) is 4.74 Å². The standard InChI is InChI=1S/C23H24N2O3S2/c1-2-28-22(27)18-11-13-25(14-12-18)21(26)17-9-7-16(8-10-17)15-29-23-24-19-5-3-4-6-20(19)30-23/h3-10,18H,2,11-15H2,1H3. The highest BCUT2D eigenvalue weighted by Gasteiger charge is 2.28. The van der Waals surface area contributed by atoms with Crippen LogP contribution in [-0.2, 0) is 15.3 Å². The molecule has 1 aliphatic heterocycles. The minimum Gasteiger partial charge on any atom is -0.466 e. The number of fused-ring (bicyclic) bond motifs is 1. The van der Waals surface area contributed by atoms with Gasteiger partial charge in [-0.1, -0.05) is 36.0 Å². The number of esters is 1. The van der Waals surface area contributed by atoms with Crippen molar-refractivity contribution in [3.05, 3.63) is 59.7 Å². The first kappa shape index (κ1) is 20.9. The smallest absolute Gasteiger partial charge is 0.309 e. The van der Waals surface area contributed by atoms with Crippen LogP contribution in [-0.4, -0.2) is 41.5 Å². The van der Waals surface area contributed by atoms with Crippen molar-refractivity contribution in [2.75, 3.05) is 19.7 Å². The van der Waals surface area contributed by atoms with Crippen LogP contribution in [0.25, 0.3) is 10.2 Å². The average Bonchev–Trinajstić information content (AvgIpc) is 3.21. The van der Waals surface area contributed by atoms with E-state index in [1.165, 1.54) is 4.70 Å². The number of ether oxygens (including phenoxy) is 1. The topological polar surface area (TPSA) is 59.5 Å². The molecule has 156 valence electrons. The van der Waals surface area contributed by atoms with E-state index in [9.17, 15) is 9.59 Å². The molecule has 2 heterocycles. The van der Waals surface area contributed by atoms with Gasteiger partial charge in [0.05, 0.1) is 22.7 Å². The number of rotatable bonds is 6. The largest absolute Gasteiger partial charge is 0.466 e. The summed E-state index contributed by atoms with van der Waals surface area (Å²) < 4.78 is 7.36. The molecule has 0 radical (unpaired) electrons. The van der Waals surface area contributed by atoms with Crippen molar-refractivity contribution in [2.24, 2.45) is 5.92 Å². The lowest BCUT2D eigenvalue weighted by molar-refractivity contribution is -0.149. The van der Waals surface area contributed by atoms with E-state index in [1.807, 2.05) is 54.3 Å². The summed E-state index contributed by atoms with van der Waals surface area (Å²) in [6.45, 7) is 3.41. The monoisotopic (exact) mass is 440 g/mol. The third-order valence-electron chi connectivity index (χ3n) is 5.24. The molecular weight excluding hydrogens is 416 g/mol. The Labute approximate surface area is 184 Å². The van der Waals surface area contributed by atoms with Gasteiger partial charge < -0.3 is 9.64 Å². The fourth-order valence-electron chi connectivity index (χ4n) is 3.56. The molecule has 2 aromatic carbocycles. The number of hydrogen-bond acceptors (Lipinski definition) is 6. The van der Waals surface area contributed by atoms with Crippen molar-refractivity contribution in [3.63, 3.8) is 0 Å². The second kappa shape index (κ2) is 9.62. The van der Waals surface area contributed by atoms with Gasteiger partial charge in [0, 0.05) is 24.4 Å². The Kier molecular flexibility index (Phi) is 6.69. The Morgan fingerprint density at radius 2 is 1.87 bits per heavy atom. The minimum atomic E-state index is -0.139. The maximum Gasteiger partial charge on any atom is 0.309 e. The van der Waals surface area contributed by atoms with Crippen LogP contribution in [0.1, 0.15) is 35.7 Å². The van der Waals surface area contributed by atoms with E-state index >= 15 is 0 Å². The first-order chi connectivity index (χ1) is 14.6. The number of aromatic nitrogens is 1. The van der Waals surface area contributed by atoms with E-state index in [0.29, 0.717) is 38.1 Å². The second-order valence-electron chi connectivity index (χ2n) is 7.25. The molecule has 1 aromatic heterocycles. The van der Waals surface area contributed by atoms with Crippen molar-refractivity contribution in [3.8, 4) is 0 Å². The fraction of sp³-hybridized carbons (Fsp3) is 0.348. The first-order valence-electron chi connectivity index (χ1n) is 10.2. The van der Waals surface area contributed by atoms with Gasteiger partial charge in [-0.15, -0.1) is 11.3 Å². The number of para-hydroxylation sites is 1. The van der Waals surface area contributed by atoms with Crippen molar-refractivity contribution >= 4 is 45.2 Å². The Balaban J connectivity index is 1.31. The van der Waals surface area contributed by atoms with Gasteiger partial charge in [-0.2, -0.15) is 0 Å². The fourth-order valence-corrected chi connectivity index (χ4v) is 5.59. The van der Waals surface area contributed by atoms with Crippen LogP contribution in [0.15, 0.2) is 52.9 Å². The molecule has 1 saturated heterocycles. The van der Waals surface area contributed by atoms with Crippen LogP contribution in [0, 0.1) is 5.92 Å². The van der Waals surface area contributed by atoms with E-state index in [-0.39, 0.29) is 17.8 Å². The Hall–Kier alpha value is -2.38. The third-order valence-corrected chi connectivity index (χ3v) is 7.49. The van der Waals surface area contributed by atoms with Crippen molar-refractivity contribution in [1.29, 1.82) is 0 Å². The van der Waals surface area contributed by atoms with E-state index in [0.717, 1.165) is 21.2 Å². The second-order valence-corrected chi connectivity index (χ2v) is 9.50. The van der Waals surface area contributed by atoms with Crippen molar-refractivity contribution < 1.29 is 14.3 Å². The maximum atomic E-state index is 12.8. The molecule has 0 atom stereocenters. The number of amides is 1. The average molecular weight is 441 g/mol. The van der Waals surface area contributed by atoms with Crippen molar-refractivity contribution in [1.82, 2.24) is 9.88 Å². The molecular formula is C23H24N2O3S2. The summed E-state index contributed by atoms with van der Waals surface area (Å²) in [7, 11) is 0. The molecule has 4 rings (SSSR count). The number of carbonyl (C=O) groups excluding carboxylic acids is 2. The number of carbonyl (C=O) groups is 2. The summed E-state index contributed by atoms with van der Waals surface area (Å²) in [5.74, 6) is 0.623. The molecule has 1 aliphatic rings. The van der Waals surface area contributed by atoms with Gasteiger partial charge in [-0.25, -0.2) is 4.98 Å². The number of likely N-dealkylation sites (tertiary alicyclic amines) is 1. The summed E-state index contributed by atoms with van der Waals surface area (Å²) in [6.07, 6.45) is 1.34. The van der Waals surface area contributed by atoms with Gasteiger partial charge in [0.2, 0.25) is 0 Å². The van der Waals surface area contributed by atoms with Crippen LogP contribution < -0.4 is 0 Å².